The molecule has 0 saturated heterocycles. The van der Waals surface area contributed by atoms with E-state index in [0.29, 0.717) is 0 Å². The molecule has 0 spiro atoms. The van der Waals surface area contributed by atoms with E-state index in [9.17, 15) is 22.4 Å². The van der Waals surface area contributed by atoms with E-state index in [4.69, 9.17) is 5.11 Å². The highest BCUT2D eigenvalue weighted by Gasteiger charge is 2.22. The second-order valence-corrected chi connectivity index (χ2v) is 6.48. The molecule has 1 amide bonds. The zero-order chi connectivity index (χ0) is 17.6. The molecule has 7 nitrogen and oxygen atoms in total. The summed E-state index contributed by atoms with van der Waals surface area (Å²) in [5, 5.41) is 11.3. The van der Waals surface area contributed by atoms with Gasteiger partial charge in [-0.3, -0.25) is 9.52 Å². The van der Waals surface area contributed by atoms with E-state index in [1.165, 1.54) is 0 Å². The summed E-state index contributed by atoms with van der Waals surface area (Å²) in [6.07, 6.45) is 4.10. The molecule has 9 heteroatoms. The Hall–Kier alpha value is -2.42. The van der Waals surface area contributed by atoms with Gasteiger partial charge in [0, 0.05) is 0 Å². The molecule has 1 atom stereocenters. The van der Waals surface area contributed by atoms with Crippen LogP contribution in [0.3, 0.4) is 0 Å². The second-order valence-electron chi connectivity index (χ2n) is 4.73. The summed E-state index contributed by atoms with van der Waals surface area (Å²) in [4.78, 5) is 23.3. The van der Waals surface area contributed by atoms with E-state index < -0.39 is 33.8 Å². The van der Waals surface area contributed by atoms with Crippen LogP contribution in [0.15, 0.2) is 30.4 Å². The molecule has 1 unspecified atom stereocenters. The number of nitrogens with one attached hydrogen (secondary N) is 2. The van der Waals surface area contributed by atoms with E-state index in [1.807, 2.05) is 0 Å². The third-order valence-electron chi connectivity index (χ3n) is 2.73. The van der Waals surface area contributed by atoms with E-state index in [1.54, 1.807) is 19.1 Å². The van der Waals surface area contributed by atoms with E-state index in [0.717, 1.165) is 24.5 Å². The van der Waals surface area contributed by atoms with Crippen LogP contribution in [-0.2, 0) is 14.8 Å². The normalized spacial score (nSPS) is 12.8. The van der Waals surface area contributed by atoms with Crippen LogP contribution in [0.2, 0.25) is 0 Å². The summed E-state index contributed by atoms with van der Waals surface area (Å²) in [7, 11) is -3.68. The van der Waals surface area contributed by atoms with Crippen molar-refractivity contribution in [2.45, 2.75) is 19.4 Å². The number of halogens is 1. The minimum absolute atomic E-state index is 0.0434. The summed E-state index contributed by atoms with van der Waals surface area (Å²) in [6.45, 7) is 1.70. The lowest BCUT2D eigenvalue weighted by atomic mass is 10.1. The number of amides is 1. The van der Waals surface area contributed by atoms with Crippen molar-refractivity contribution in [3.8, 4) is 0 Å². The number of carboxylic acid groups (broad SMARTS) is 1. The minimum Gasteiger partial charge on any atom is -0.480 e. The van der Waals surface area contributed by atoms with Crippen molar-refractivity contribution < 1.29 is 27.5 Å². The molecular formula is C14H17FN2O5S. The summed E-state index contributed by atoms with van der Waals surface area (Å²) < 4.78 is 38.0. The number of carboxylic acids is 1. The van der Waals surface area contributed by atoms with Gasteiger partial charge in [-0.25, -0.2) is 17.6 Å². The summed E-state index contributed by atoms with van der Waals surface area (Å²) >= 11 is 0. The number of allylic oxidation sites excluding steroid dienone is 1. The summed E-state index contributed by atoms with van der Waals surface area (Å²) in [5.74, 6) is -2.91. The number of aliphatic carboxylic acids is 1. The SMILES string of the molecule is C/C=C/CC(NC(=O)c1cc(F)ccc1NS(C)(=O)=O)C(=O)O. The predicted molar refractivity (Wildman–Crippen MR) is 83.2 cm³/mol. The number of sulfonamides is 1. The van der Waals surface area contributed by atoms with Gasteiger partial charge in [0.25, 0.3) is 5.91 Å². The van der Waals surface area contributed by atoms with Gasteiger partial charge in [0.05, 0.1) is 17.5 Å². The number of hydrogen-bond donors (Lipinski definition) is 3. The minimum atomic E-state index is -3.68. The maximum atomic E-state index is 13.4. The van der Waals surface area contributed by atoms with E-state index >= 15 is 0 Å². The van der Waals surface area contributed by atoms with Gasteiger partial charge in [-0.05, 0) is 31.5 Å². The molecule has 1 rings (SSSR count). The van der Waals surface area contributed by atoms with Gasteiger partial charge < -0.3 is 10.4 Å². The highest BCUT2D eigenvalue weighted by molar-refractivity contribution is 7.92. The Kier molecular flexibility index (Phi) is 6.26. The quantitative estimate of drug-likeness (QED) is 0.646. The number of carbonyl (C=O) groups excluding carboxylic acids is 1. The average molecular weight is 344 g/mol. The van der Waals surface area contributed by atoms with Crippen molar-refractivity contribution in [1.82, 2.24) is 5.32 Å². The van der Waals surface area contributed by atoms with Crippen LogP contribution in [0.4, 0.5) is 10.1 Å². The van der Waals surface area contributed by atoms with Gasteiger partial charge in [-0.15, -0.1) is 0 Å². The Morgan fingerprint density at radius 2 is 2.04 bits per heavy atom. The molecule has 0 fully saturated rings. The van der Waals surface area contributed by atoms with Gasteiger partial charge in [0.1, 0.15) is 11.9 Å². The summed E-state index contributed by atoms with van der Waals surface area (Å²) in [5.41, 5.74) is -0.441. The van der Waals surface area contributed by atoms with Crippen molar-refractivity contribution >= 4 is 27.6 Å². The number of hydrogen-bond acceptors (Lipinski definition) is 4. The highest BCUT2D eigenvalue weighted by atomic mass is 32.2. The molecule has 0 heterocycles. The molecule has 23 heavy (non-hydrogen) atoms. The van der Waals surface area contributed by atoms with Crippen LogP contribution in [0, 0.1) is 5.82 Å². The molecular weight excluding hydrogens is 327 g/mol. The summed E-state index contributed by atoms with van der Waals surface area (Å²) in [6, 6.07) is 1.69. The molecule has 3 N–H and O–H groups in total. The van der Waals surface area contributed by atoms with E-state index in [-0.39, 0.29) is 17.7 Å². The van der Waals surface area contributed by atoms with Crippen molar-refractivity contribution in [3.63, 3.8) is 0 Å². The third-order valence-corrected chi connectivity index (χ3v) is 3.32. The standard InChI is InChI=1S/C14H17FN2O5S/c1-3-4-5-12(14(19)20)16-13(18)10-8-9(15)6-7-11(10)17-23(2,21)22/h3-4,6-8,12,17H,5H2,1-2H3,(H,16,18)(H,19,20)/b4-3+. The van der Waals surface area contributed by atoms with Crippen LogP contribution in [-0.4, -0.2) is 37.7 Å². The molecule has 0 aromatic heterocycles. The Morgan fingerprint density at radius 1 is 1.39 bits per heavy atom. The van der Waals surface area contributed by atoms with Gasteiger partial charge in [0.2, 0.25) is 10.0 Å². The molecule has 0 radical (unpaired) electrons. The fourth-order valence-corrected chi connectivity index (χ4v) is 2.30. The number of benzene rings is 1. The first-order valence-corrected chi connectivity index (χ1v) is 8.45. The zero-order valence-electron chi connectivity index (χ0n) is 12.5. The maximum Gasteiger partial charge on any atom is 0.326 e. The van der Waals surface area contributed by atoms with Crippen LogP contribution < -0.4 is 10.0 Å². The van der Waals surface area contributed by atoms with Gasteiger partial charge in [-0.2, -0.15) is 0 Å². The predicted octanol–water partition coefficient (Wildman–Crippen LogP) is 1.35. The van der Waals surface area contributed by atoms with Crippen LogP contribution >= 0.6 is 0 Å². The monoisotopic (exact) mass is 344 g/mol. The van der Waals surface area contributed by atoms with Crippen molar-refractivity contribution in [3.05, 3.63) is 41.7 Å². The van der Waals surface area contributed by atoms with Crippen LogP contribution in [0.1, 0.15) is 23.7 Å². The third kappa shape index (κ3) is 6.07. The number of anilines is 1. The molecule has 1 aromatic carbocycles. The zero-order valence-corrected chi connectivity index (χ0v) is 13.4. The first kappa shape index (κ1) is 18.6. The Balaban J connectivity index is 3.10. The van der Waals surface area contributed by atoms with Crippen LogP contribution in [0.5, 0.6) is 0 Å². The molecule has 0 saturated carbocycles. The molecule has 0 aliphatic rings. The Bertz CT molecular complexity index is 731. The van der Waals surface area contributed by atoms with Crippen molar-refractivity contribution in [2.24, 2.45) is 0 Å². The Morgan fingerprint density at radius 3 is 2.57 bits per heavy atom. The lowest BCUT2D eigenvalue weighted by Crippen LogP contribution is -2.40. The van der Waals surface area contributed by atoms with Crippen molar-refractivity contribution in [1.29, 1.82) is 0 Å². The fraction of sp³-hybridized carbons (Fsp3) is 0.286. The highest BCUT2D eigenvalue weighted by Crippen LogP contribution is 2.18. The molecule has 0 aliphatic heterocycles. The maximum absolute atomic E-state index is 13.4. The second kappa shape index (κ2) is 7.73. The largest absolute Gasteiger partial charge is 0.480 e. The average Bonchev–Trinajstić information content (AvgIpc) is 2.43. The Labute approximate surface area is 133 Å². The first-order valence-electron chi connectivity index (χ1n) is 6.56. The van der Waals surface area contributed by atoms with Crippen LogP contribution in [0.25, 0.3) is 0 Å². The molecule has 126 valence electrons. The van der Waals surface area contributed by atoms with Gasteiger partial charge >= 0.3 is 5.97 Å². The first-order chi connectivity index (χ1) is 10.6. The lowest BCUT2D eigenvalue weighted by Gasteiger charge is -2.15. The van der Waals surface area contributed by atoms with Crippen molar-refractivity contribution in [2.75, 3.05) is 11.0 Å². The molecule has 0 aliphatic carbocycles. The number of rotatable bonds is 7. The molecule has 1 aromatic rings. The number of carbonyl (C=O) groups is 2. The topological polar surface area (TPSA) is 113 Å². The lowest BCUT2D eigenvalue weighted by molar-refractivity contribution is -0.139. The smallest absolute Gasteiger partial charge is 0.326 e. The van der Waals surface area contributed by atoms with E-state index in [2.05, 4.69) is 10.0 Å². The van der Waals surface area contributed by atoms with Gasteiger partial charge in [-0.1, -0.05) is 12.2 Å². The molecule has 0 bridgehead atoms. The fourth-order valence-electron chi connectivity index (χ4n) is 1.72. The van der Waals surface area contributed by atoms with Gasteiger partial charge in [0.15, 0.2) is 0 Å².